The minimum absolute atomic E-state index is 0.513. The molecule has 0 radical (unpaired) electrons. The second-order valence-electron chi connectivity index (χ2n) is 6.32. The molecule has 0 spiro atoms. The molecule has 4 heteroatoms. The Kier molecular flexibility index (Phi) is 4.72. The van der Waals surface area contributed by atoms with Crippen LogP contribution in [0, 0.1) is 0 Å². The number of rotatable bonds is 4. The third-order valence-electron chi connectivity index (χ3n) is 4.82. The molecule has 20 heavy (non-hydrogen) atoms. The van der Waals surface area contributed by atoms with Gasteiger partial charge in [0, 0.05) is 29.6 Å². The first-order valence-corrected chi connectivity index (χ1v) is 9.22. The standard InChI is InChI=1S/C16H27N3S/c1-3-20-14-8-7-13(9-14)19-11-17-10-16(19)15-6-4-5-12(2)18-15/h10-15,18H,3-9H2,1-2H3. The number of piperidine rings is 1. The molecular weight excluding hydrogens is 266 g/mol. The van der Waals surface area contributed by atoms with Crippen molar-refractivity contribution >= 4 is 11.8 Å². The molecule has 4 atom stereocenters. The molecule has 0 aromatic carbocycles. The van der Waals surface area contributed by atoms with E-state index in [0.29, 0.717) is 18.1 Å². The average molecular weight is 293 g/mol. The van der Waals surface area contributed by atoms with E-state index >= 15 is 0 Å². The van der Waals surface area contributed by atoms with Crippen LogP contribution in [0.15, 0.2) is 12.5 Å². The van der Waals surface area contributed by atoms with Gasteiger partial charge in [0.05, 0.1) is 12.0 Å². The first-order chi connectivity index (χ1) is 9.78. The molecule has 112 valence electrons. The number of hydrogen-bond acceptors (Lipinski definition) is 3. The Hall–Kier alpha value is -0.480. The summed E-state index contributed by atoms with van der Waals surface area (Å²) in [5.41, 5.74) is 1.42. The van der Waals surface area contributed by atoms with Gasteiger partial charge in [0.25, 0.3) is 0 Å². The van der Waals surface area contributed by atoms with Crippen LogP contribution in [0.3, 0.4) is 0 Å². The maximum absolute atomic E-state index is 4.45. The summed E-state index contributed by atoms with van der Waals surface area (Å²) >= 11 is 2.13. The van der Waals surface area contributed by atoms with Gasteiger partial charge in [-0.3, -0.25) is 0 Å². The van der Waals surface area contributed by atoms with E-state index in [4.69, 9.17) is 0 Å². The molecule has 0 amide bonds. The van der Waals surface area contributed by atoms with Gasteiger partial charge in [-0.1, -0.05) is 6.92 Å². The first-order valence-electron chi connectivity index (χ1n) is 8.17. The van der Waals surface area contributed by atoms with E-state index in [1.54, 1.807) is 0 Å². The van der Waals surface area contributed by atoms with Gasteiger partial charge in [-0.05, 0) is 51.2 Å². The Bertz CT molecular complexity index is 431. The fraction of sp³-hybridized carbons (Fsp3) is 0.812. The molecule has 0 bridgehead atoms. The summed E-state index contributed by atoms with van der Waals surface area (Å²) in [6, 6.07) is 1.83. The van der Waals surface area contributed by atoms with Gasteiger partial charge in [0.2, 0.25) is 0 Å². The second kappa shape index (κ2) is 6.52. The number of nitrogens with one attached hydrogen (secondary N) is 1. The van der Waals surface area contributed by atoms with Crippen LogP contribution in [0.5, 0.6) is 0 Å². The van der Waals surface area contributed by atoms with Crippen molar-refractivity contribution in [3.05, 3.63) is 18.2 Å². The molecule has 1 aromatic rings. The van der Waals surface area contributed by atoms with E-state index in [2.05, 4.69) is 53.0 Å². The van der Waals surface area contributed by atoms with Crippen molar-refractivity contribution in [1.29, 1.82) is 0 Å². The van der Waals surface area contributed by atoms with Crippen LogP contribution in [-0.4, -0.2) is 26.6 Å². The Morgan fingerprint density at radius 2 is 2.25 bits per heavy atom. The van der Waals surface area contributed by atoms with Gasteiger partial charge < -0.3 is 9.88 Å². The van der Waals surface area contributed by atoms with Gasteiger partial charge in [-0.25, -0.2) is 4.98 Å². The minimum Gasteiger partial charge on any atom is -0.330 e. The fourth-order valence-electron chi connectivity index (χ4n) is 3.82. The molecule has 1 aromatic heterocycles. The molecule has 1 saturated carbocycles. The van der Waals surface area contributed by atoms with E-state index in [9.17, 15) is 0 Å². The highest BCUT2D eigenvalue weighted by molar-refractivity contribution is 7.99. The topological polar surface area (TPSA) is 29.9 Å². The van der Waals surface area contributed by atoms with Gasteiger partial charge >= 0.3 is 0 Å². The molecular formula is C16H27N3S. The predicted octanol–water partition coefficient (Wildman–Crippen LogP) is 3.93. The summed E-state index contributed by atoms with van der Waals surface area (Å²) < 4.78 is 2.48. The van der Waals surface area contributed by atoms with Crippen molar-refractivity contribution in [3.63, 3.8) is 0 Å². The van der Waals surface area contributed by atoms with Gasteiger partial charge in [-0.15, -0.1) is 0 Å². The molecule has 1 aliphatic carbocycles. The summed E-state index contributed by atoms with van der Waals surface area (Å²) in [6.07, 6.45) is 12.1. The van der Waals surface area contributed by atoms with Gasteiger partial charge in [0.15, 0.2) is 0 Å². The zero-order valence-corrected chi connectivity index (χ0v) is 13.5. The number of imidazole rings is 1. The lowest BCUT2D eigenvalue weighted by Crippen LogP contribution is -2.35. The van der Waals surface area contributed by atoms with Crippen molar-refractivity contribution < 1.29 is 0 Å². The normalized spacial score (nSPS) is 34.5. The summed E-state index contributed by atoms with van der Waals surface area (Å²) in [7, 11) is 0. The minimum atomic E-state index is 0.513. The van der Waals surface area contributed by atoms with Crippen LogP contribution in [0.1, 0.15) is 70.2 Å². The summed E-state index contributed by atoms with van der Waals surface area (Å²) in [5.74, 6) is 1.25. The van der Waals surface area contributed by atoms with E-state index in [0.717, 1.165) is 5.25 Å². The Balaban J connectivity index is 1.70. The summed E-state index contributed by atoms with van der Waals surface area (Å²) in [4.78, 5) is 4.45. The van der Waals surface area contributed by atoms with Crippen LogP contribution in [0.25, 0.3) is 0 Å². The summed E-state index contributed by atoms with van der Waals surface area (Å²) in [5, 5.41) is 4.61. The second-order valence-corrected chi connectivity index (χ2v) is 7.90. The molecule has 3 rings (SSSR count). The van der Waals surface area contributed by atoms with Crippen molar-refractivity contribution in [2.45, 2.75) is 75.7 Å². The predicted molar refractivity (Wildman–Crippen MR) is 86.2 cm³/mol. The average Bonchev–Trinajstić information content (AvgIpc) is 3.07. The highest BCUT2D eigenvalue weighted by Gasteiger charge is 2.29. The van der Waals surface area contributed by atoms with Crippen molar-refractivity contribution in [2.75, 3.05) is 5.75 Å². The zero-order valence-electron chi connectivity index (χ0n) is 12.7. The Labute approximate surface area is 126 Å². The van der Waals surface area contributed by atoms with E-state index in [-0.39, 0.29) is 0 Å². The zero-order chi connectivity index (χ0) is 13.9. The lowest BCUT2D eigenvalue weighted by molar-refractivity contribution is 0.322. The van der Waals surface area contributed by atoms with Crippen LogP contribution < -0.4 is 5.32 Å². The quantitative estimate of drug-likeness (QED) is 0.912. The Morgan fingerprint density at radius 1 is 1.35 bits per heavy atom. The largest absolute Gasteiger partial charge is 0.330 e. The number of hydrogen-bond donors (Lipinski definition) is 1. The van der Waals surface area contributed by atoms with Crippen LogP contribution in [-0.2, 0) is 0 Å². The molecule has 2 heterocycles. The molecule has 2 fully saturated rings. The maximum atomic E-state index is 4.45. The van der Waals surface area contributed by atoms with Crippen LogP contribution >= 0.6 is 11.8 Å². The van der Waals surface area contributed by atoms with E-state index < -0.39 is 0 Å². The lowest BCUT2D eigenvalue weighted by Gasteiger charge is -2.30. The number of aromatic nitrogens is 2. The highest BCUT2D eigenvalue weighted by Crippen LogP contribution is 2.39. The molecule has 3 nitrogen and oxygen atoms in total. The first kappa shape index (κ1) is 14.5. The SMILES string of the molecule is CCSC1CCC(n2cncc2C2CCCC(C)N2)C1. The number of thioether (sulfide) groups is 1. The number of nitrogens with zero attached hydrogens (tertiary/aromatic N) is 2. The van der Waals surface area contributed by atoms with Crippen molar-refractivity contribution in [2.24, 2.45) is 0 Å². The smallest absolute Gasteiger partial charge is 0.0951 e. The van der Waals surface area contributed by atoms with E-state index in [1.165, 1.54) is 50.0 Å². The molecule has 1 saturated heterocycles. The van der Waals surface area contributed by atoms with Crippen molar-refractivity contribution in [1.82, 2.24) is 14.9 Å². The molecule has 4 unspecified atom stereocenters. The Morgan fingerprint density at radius 3 is 3.05 bits per heavy atom. The molecule has 1 N–H and O–H groups in total. The van der Waals surface area contributed by atoms with E-state index in [1.807, 2.05) is 0 Å². The van der Waals surface area contributed by atoms with Gasteiger partial charge in [0.1, 0.15) is 0 Å². The van der Waals surface area contributed by atoms with Crippen molar-refractivity contribution in [3.8, 4) is 0 Å². The highest BCUT2D eigenvalue weighted by atomic mass is 32.2. The summed E-state index contributed by atoms with van der Waals surface area (Å²) in [6.45, 7) is 4.57. The third-order valence-corrected chi connectivity index (χ3v) is 6.05. The monoisotopic (exact) mass is 293 g/mol. The maximum Gasteiger partial charge on any atom is 0.0951 e. The molecule has 1 aliphatic heterocycles. The van der Waals surface area contributed by atoms with Crippen LogP contribution in [0.4, 0.5) is 0 Å². The fourth-order valence-corrected chi connectivity index (χ4v) is 4.95. The third kappa shape index (κ3) is 3.06. The van der Waals surface area contributed by atoms with Gasteiger partial charge in [-0.2, -0.15) is 11.8 Å². The molecule has 2 aliphatic rings. The van der Waals surface area contributed by atoms with Crippen LogP contribution in [0.2, 0.25) is 0 Å². The lowest BCUT2D eigenvalue weighted by atomic mass is 9.97.